The topological polar surface area (TPSA) is 78.4 Å². The number of benzene rings is 1. The smallest absolute Gasteiger partial charge is 0.416 e. The molecule has 0 saturated carbocycles. The van der Waals surface area contributed by atoms with E-state index in [0.29, 0.717) is 6.07 Å². The van der Waals surface area contributed by atoms with Crippen LogP contribution >= 0.6 is 11.6 Å². The maximum Gasteiger partial charge on any atom is 0.416 e. The highest BCUT2D eigenvalue weighted by Crippen LogP contribution is 2.33. The number of amides is 2. The highest BCUT2D eigenvalue weighted by atomic mass is 35.5. The van der Waals surface area contributed by atoms with Crippen molar-refractivity contribution in [3.63, 3.8) is 0 Å². The fraction of sp³-hybridized carbons (Fsp3) is 0.200. The minimum Gasteiger partial charge on any atom is -0.480 e. The number of alkyl halides is 3. The Kier molecular flexibility index (Phi) is 4.60. The van der Waals surface area contributed by atoms with E-state index in [1.807, 2.05) is 5.32 Å². The molecule has 0 aromatic heterocycles. The number of hydrogen-bond donors (Lipinski definition) is 3. The largest absolute Gasteiger partial charge is 0.480 e. The second kappa shape index (κ2) is 5.79. The summed E-state index contributed by atoms with van der Waals surface area (Å²) in [6.45, 7) is -0.621. The lowest BCUT2D eigenvalue weighted by Gasteiger charge is -2.11. The van der Waals surface area contributed by atoms with Crippen LogP contribution in [0.1, 0.15) is 5.56 Å². The lowest BCUT2D eigenvalue weighted by atomic mass is 10.2. The van der Waals surface area contributed by atoms with Crippen LogP contribution in [0.4, 0.5) is 23.7 Å². The second-order valence-electron chi connectivity index (χ2n) is 3.39. The van der Waals surface area contributed by atoms with Gasteiger partial charge in [0.1, 0.15) is 6.54 Å². The van der Waals surface area contributed by atoms with E-state index in [4.69, 9.17) is 16.7 Å². The first-order valence-corrected chi connectivity index (χ1v) is 5.21. The summed E-state index contributed by atoms with van der Waals surface area (Å²) in [5.41, 5.74) is -1.01. The van der Waals surface area contributed by atoms with Crippen molar-refractivity contribution in [2.75, 3.05) is 11.9 Å². The third-order valence-corrected chi connectivity index (χ3v) is 2.26. The minimum atomic E-state index is -4.53. The van der Waals surface area contributed by atoms with Gasteiger partial charge in [0.15, 0.2) is 0 Å². The highest BCUT2D eigenvalue weighted by molar-refractivity contribution is 6.33. The Labute approximate surface area is 110 Å². The van der Waals surface area contributed by atoms with Gasteiger partial charge >= 0.3 is 18.2 Å². The normalized spacial score (nSPS) is 10.9. The molecule has 0 unspecified atom stereocenters. The molecule has 0 atom stereocenters. The zero-order valence-electron chi connectivity index (χ0n) is 9.21. The van der Waals surface area contributed by atoms with Gasteiger partial charge in [-0.05, 0) is 18.2 Å². The summed E-state index contributed by atoms with van der Waals surface area (Å²) >= 11 is 5.58. The number of hydrogen-bond acceptors (Lipinski definition) is 2. The Morgan fingerprint density at radius 1 is 1.32 bits per heavy atom. The maximum atomic E-state index is 12.3. The Hall–Kier alpha value is -1.96. The van der Waals surface area contributed by atoms with E-state index in [0.717, 1.165) is 12.1 Å². The van der Waals surface area contributed by atoms with Gasteiger partial charge in [0, 0.05) is 0 Å². The predicted octanol–water partition coefficient (Wildman–Crippen LogP) is 2.56. The predicted molar refractivity (Wildman–Crippen MR) is 61.1 cm³/mol. The Morgan fingerprint density at radius 2 is 1.95 bits per heavy atom. The third kappa shape index (κ3) is 4.66. The molecule has 1 aromatic carbocycles. The summed E-state index contributed by atoms with van der Waals surface area (Å²) in [7, 11) is 0. The molecule has 0 heterocycles. The van der Waals surface area contributed by atoms with Crippen molar-refractivity contribution in [3.05, 3.63) is 28.8 Å². The zero-order chi connectivity index (χ0) is 14.6. The number of carboxylic acids is 1. The molecule has 2 amide bonds. The van der Waals surface area contributed by atoms with E-state index in [1.54, 1.807) is 0 Å². The summed E-state index contributed by atoms with van der Waals surface area (Å²) in [5.74, 6) is -1.26. The number of anilines is 1. The van der Waals surface area contributed by atoms with E-state index in [2.05, 4.69) is 5.32 Å². The number of rotatable bonds is 3. The Bertz CT molecular complexity index is 505. The SMILES string of the molecule is O=C(O)CNC(=O)Nc1ccc(C(F)(F)F)cc1Cl. The average Bonchev–Trinajstić information content (AvgIpc) is 2.27. The van der Waals surface area contributed by atoms with Crippen LogP contribution in [0.25, 0.3) is 0 Å². The molecule has 0 saturated heterocycles. The van der Waals surface area contributed by atoms with Crippen molar-refractivity contribution in [3.8, 4) is 0 Å². The summed E-state index contributed by atoms with van der Waals surface area (Å²) in [4.78, 5) is 21.4. The lowest BCUT2D eigenvalue weighted by Crippen LogP contribution is -2.33. The van der Waals surface area contributed by atoms with E-state index in [9.17, 15) is 22.8 Å². The van der Waals surface area contributed by atoms with Crippen molar-refractivity contribution in [1.82, 2.24) is 5.32 Å². The molecule has 0 aliphatic rings. The number of nitrogens with one attached hydrogen (secondary N) is 2. The first kappa shape index (κ1) is 15.1. The Morgan fingerprint density at radius 3 is 2.42 bits per heavy atom. The molecule has 1 aromatic rings. The van der Waals surface area contributed by atoms with Gasteiger partial charge in [-0.15, -0.1) is 0 Å². The third-order valence-electron chi connectivity index (χ3n) is 1.94. The van der Waals surface area contributed by atoms with Gasteiger partial charge in [-0.1, -0.05) is 11.6 Å². The Balaban J connectivity index is 2.75. The maximum absolute atomic E-state index is 12.3. The number of carboxylic acid groups (broad SMARTS) is 1. The van der Waals surface area contributed by atoms with Crippen LogP contribution in [0.3, 0.4) is 0 Å². The van der Waals surface area contributed by atoms with Crippen LogP contribution in [0.5, 0.6) is 0 Å². The monoisotopic (exact) mass is 296 g/mol. The molecular formula is C10H8ClF3N2O3. The molecule has 9 heteroatoms. The van der Waals surface area contributed by atoms with Gasteiger partial charge in [-0.25, -0.2) is 4.79 Å². The van der Waals surface area contributed by atoms with Crippen LogP contribution in [0, 0.1) is 0 Å². The molecule has 0 fully saturated rings. The molecule has 3 N–H and O–H groups in total. The molecule has 0 aliphatic carbocycles. The van der Waals surface area contributed by atoms with Gasteiger partial charge in [0.2, 0.25) is 0 Å². The van der Waals surface area contributed by atoms with Crippen LogP contribution in [0.2, 0.25) is 5.02 Å². The number of carbonyl (C=O) groups is 2. The summed E-state index contributed by atoms with van der Waals surface area (Å²) < 4.78 is 37.0. The van der Waals surface area contributed by atoms with Crippen LogP contribution in [-0.4, -0.2) is 23.7 Å². The number of halogens is 4. The first-order chi connectivity index (χ1) is 8.70. The van der Waals surface area contributed by atoms with Gasteiger partial charge in [-0.2, -0.15) is 13.2 Å². The number of aliphatic carboxylic acids is 1. The van der Waals surface area contributed by atoms with Gasteiger partial charge in [0.05, 0.1) is 16.3 Å². The second-order valence-corrected chi connectivity index (χ2v) is 3.80. The molecule has 0 bridgehead atoms. The van der Waals surface area contributed by atoms with Crippen molar-refractivity contribution in [2.45, 2.75) is 6.18 Å². The van der Waals surface area contributed by atoms with Crippen molar-refractivity contribution < 1.29 is 27.9 Å². The van der Waals surface area contributed by atoms with Crippen molar-refractivity contribution >= 4 is 29.3 Å². The minimum absolute atomic E-state index is 0.0578. The average molecular weight is 297 g/mol. The van der Waals surface area contributed by atoms with Crippen LogP contribution in [0.15, 0.2) is 18.2 Å². The van der Waals surface area contributed by atoms with Gasteiger partial charge in [-0.3, -0.25) is 4.79 Å². The van der Waals surface area contributed by atoms with E-state index >= 15 is 0 Å². The van der Waals surface area contributed by atoms with Gasteiger partial charge in [0.25, 0.3) is 0 Å². The zero-order valence-corrected chi connectivity index (χ0v) is 9.97. The quantitative estimate of drug-likeness (QED) is 0.802. The molecule has 5 nitrogen and oxygen atoms in total. The van der Waals surface area contributed by atoms with E-state index in [-0.39, 0.29) is 10.7 Å². The number of carbonyl (C=O) groups excluding carboxylic acids is 1. The van der Waals surface area contributed by atoms with Crippen molar-refractivity contribution in [1.29, 1.82) is 0 Å². The molecule has 1 rings (SSSR count). The molecule has 0 aliphatic heterocycles. The summed E-state index contributed by atoms with van der Waals surface area (Å²) in [5, 5.41) is 12.1. The highest BCUT2D eigenvalue weighted by Gasteiger charge is 2.30. The fourth-order valence-corrected chi connectivity index (χ4v) is 1.34. The van der Waals surface area contributed by atoms with E-state index in [1.165, 1.54) is 0 Å². The van der Waals surface area contributed by atoms with Crippen LogP contribution < -0.4 is 10.6 Å². The standard InChI is InChI=1S/C10H8ClF3N2O3/c11-6-3-5(10(12,13)14)1-2-7(6)16-9(19)15-4-8(17)18/h1-3H,4H2,(H,17,18)(H2,15,16,19). The molecular weight excluding hydrogens is 289 g/mol. The first-order valence-electron chi connectivity index (χ1n) is 4.83. The number of urea groups is 1. The summed E-state index contributed by atoms with van der Waals surface area (Å²) in [6, 6.07) is 1.50. The molecule has 0 spiro atoms. The van der Waals surface area contributed by atoms with Crippen molar-refractivity contribution in [2.24, 2.45) is 0 Å². The molecule has 104 valence electrons. The van der Waals surface area contributed by atoms with Crippen LogP contribution in [-0.2, 0) is 11.0 Å². The molecule has 19 heavy (non-hydrogen) atoms. The fourth-order valence-electron chi connectivity index (χ4n) is 1.12. The summed E-state index contributed by atoms with van der Waals surface area (Å²) in [6.07, 6.45) is -4.53. The van der Waals surface area contributed by atoms with E-state index < -0.39 is 30.3 Å². The molecule has 0 radical (unpaired) electrons. The van der Waals surface area contributed by atoms with Gasteiger partial charge < -0.3 is 15.7 Å². The lowest BCUT2D eigenvalue weighted by molar-refractivity contribution is -0.137.